The average molecular weight is 196 g/mol. The van der Waals surface area contributed by atoms with Crippen molar-refractivity contribution < 1.29 is 10.2 Å². The monoisotopic (exact) mass is 196 g/mol. The molecule has 2 unspecified atom stereocenters. The van der Waals surface area contributed by atoms with Gasteiger partial charge in [0.2, 0.25) is 0 Å². The van der Waals surface area contributed by atoms with Crippen LogP contribution in [0.3, 0.4) is 0 Å². The van der Waals surface area contributed by atoms with E-state index in [9.17, 15) is 10.2 Å². The maximum absolute atomic E-state index is 9.69. The fourth-order valence-corrected chi connectivity index (χ4v) is 1.35. The van der Waals surface area contributed by atoms with Crippen LogP contribution >= 0.6 is 0 Å². The highest BCUT2D eigenvalue weighted by Crippen LogP contribution is 2.19. The summed E-state index contributed by atoms with van der Waals surface area (Å²) in [5.74, 6) is 0. The third-order valence-electron chi connectivity index (χ3n) is 2.19. The first-order valence-corrected chi connectivity index (χ1v) is 4.56. The van der Waals surface area contributed by atoms with Gasteiger partial charge in [0.15, 0.2) is 0 Å². The maximum Gasteiger partial charge on any atom is 0.108 e. The molecule has 0 bridgehead atoms. The Morgan fingerprint density at radius 2 is 2.00 bits per heavy atom. The third-order valence-corrected chi connectivity index (χ3v) is 2.19. The predicted octanol–water partition coefficient (Wildman–Crippen LogP) is 0.0514. The summed E-state index contributed by atoms with van der Waals surface area (Å²) in [6.07, 6.45) is -1.88. The van der Waals surface area contributed by atoms with Crippen LogP contribution in [0.1, 0.15) is 23.1 Å². The van der Waals surface area contributed by atoms with E-state index in [0.717, 1.165) is 11.4 Å². The molecule has 1 heterocycles. The molecule has 78 valence electrons. The van der Waals surface area contributed by atoms with E-state index in [1.807, 2.05) is 6.92 Å². The predicted molar refractivity (Wildman–Crippen MR) is 53.7 cm³/mol. The van der Waals surface area contributed by atoms with Gasteiger partial charge < -0.3 is 15.9 Å². The number of aromatic nitrogens is 1. The van der Waals surface area contributed by atoms with Crippen LogP contribution in [-0.4, -0.2) is 27.8 Å². The number of rotatable bonds is 3. The lowest BCUT2D eigenvalue weighted by atomic mass is 10.0. The molecular formula is C10H16N2O2. The fourth-order valence-electron chi connectivity index (χ4n) is 1.35. The topological polar surface area (TPSA) is 79.4 Å². The standard InChI is InChI=1S/C10H16N2O2/c1-6-3-4-8(7(2)12-6)10(14)9(13)5-11/h3-4,9-10,13-14H,5,11H2,1-2H3. The van der Waals surface area contributed by atoms with Gasteiger partial charge in [0, 0.05) is 23.5 Å². The zero-order chi connectivity index (χ0) is 10.7. The van der Waals surface area contributed by atoms with Crippen molar-refractivity contribution in [3.8, 4) is 0 Å². The summed E-state index contributed by atoms with van der Waals surface area (Å²) in [6, 6.07) is 3.57. The smallest absolute Gasteiger partial charge is 0.108 e. The van der Waals surface area contributed by atoms with Gasteiger partial charge >= 0.3 is 0 Å². The SMILES string of the molecule is Cc1ccc(C(O)C(O)CN)c(C)n1. The molecular weight excluding hydrogens is 180 g/mol. The maximum atomic E-state index is 9.69. The highest BCUT2D eigenvalue weighted by atomic mass is 16.3. The Morgan fingerprint density at radius 3 is 2.50 bits per heavy atom. The minimum atomic E-state index is -0.951. The van der Waals surface area contributed by atoms with Crippen molar-refractivity contribution in [1.82, 2.24) is 4.98 Å². The number of pyridine rings is 1. The first kappa shape index (κ1) is 11.1. The van der Waals surface area contributed by atoms with E-state index in [2.05, 4.69) is 4.98 Å². The van der Waals surface area contributed by atoms with Crippen LogP contribution in [0.2, 0.25) is 0 Å². The van der Waals surface area contributed by atoms with Crippen LogP contribution in [-0.2, 0) is 0 Å². The van der Waals surface area contributed by atoms with Crippen LogP contribution in [0.5, 0.6) is 0 Å². The lowest BCUT2D eigenvalue weighted by Crippen LogP contribution is -2.27. The minimum absolute atomic E-state index is 0.0362. The van der Waals surface area contributed by atoms with Crippen LogP contribution in [0.4, 0.5) is 0 Å². The average Bonchev–Trinajstić information content (AvgIpc) is 2.15. The van der Waals surface area contributed by atoms with Crippen LogP contribution < -0.4 is 5.73 Å². The Balaban J connectivity index is 2.95. The van der Waals surface area contributed by atoms with E-state index >= 15 is 0 Å². The van der Waals surface area contributed by atoms with Gasteiger partial charge in [0.25, 0.3) is 0 Å². The quantitative estimate of drug-likeness (QED) is 0.638. The van der Waals surface area contributed by atoms with Gasteiger partial charge in [-0.25, -0.2) is 0 Å². The van der Waals surface area contributed by atoms with Crippen molar-refractivity contribution in [2.24, 2.45) is 5.73 Å². The largest absolute Gasteiger partial charge is 0.389 e. The van der Waals surface area contributed by atoms with Crippen molar-refractivity contribution in [2.45, 2.75) is 26.1 Å². The number of nitrogens with zero attached hydrogens (tertiary/aromatic N) is 1. The molecule has 0 aromatic carbocycles. The molecule has 0 fully saturated rings. The van der Waals surface area contributed by atoms with Gasteiger partial charge in [0.1, 0.15) is 6.10 Å². The van der Waals surface area contributed by atoms with Crippen molar-refractivity contribution in [3.05, 3.63) is 29.1 Å². The molecule has 0 radical (unpaired) electrons. The molecule has 0 aliphatic rings. The second-order valence-electron chi connectivity index (χ2n) is 3.38. The highest BCUT2D eigenvalue weighted by Gasteiger charge is 2.18. The lowest BCUT2D eigenvalue weighted by molar-refractivity contribution is 0.0237. The Morgan fingerprint density at radius 1 is 1.36 bits per heavy atom. The summed E-state index contributed by atoms with van der Waals surface area (Å²) in [7, 11) is 0. The molecule has 1 aromatic heterocycles. The van der Waals surface area contributed by atoms with E-state index in [0.29, 0.717) is 5.56 Å². The molecule has 0 saturated carbocycles. The Labute approximate surface area is 83.4 Å². The van der Waals surface area contributed by atoms with Gasteiger partial charge in [-0.1, -0.05) is 6.07 Å². The van der Waals surface area contributed by atoms with Gasteiger partial charge in [0.05, 0.1) is 6.10 Å². The first-order valence-electron chi connectivity index (χ1n) is 4.56. The van der Waals surface area contributed by atoms with Crippen LogP contribution in [0.25, 0.3) is 0 Å². The van der Waals surface area contributed by atoms with E-state index in [-0.39, 0.29) is 6.54 Å². The number of hydrogen-bond donors (Lipinski definition) is 3. The lowest BCUT2D eigenvalue weighted by Gasteiger charge is -2.17. The van der Waals surface area contributed by atoms with Gasteiger partial charge in [-0.3, -0.25) is 4.98 Å². The van der Waals surface area contributed by atoms with E-state index in [4.69, 9.17) is 5.73 Å². The summed E-state index contributed by atoms with van der Waals surface area (Å²) in [6.45, 7) is 3.71. The zero-order valence-corrected chi connectivity index (χ0v) is 8.44. The Bertz CT molecular complexity index is 315. The molecule has 2 atom stereocenters. The second kappa shape index (κ2) is 4.50. The molecule has 0 saturated heterocycles. The van der Waals surface area contributed by atoms with Crippen LogP contribution in [0.15, 0.2) is 12.1 Å². The van der Waals surface area contributed by atoms with E-state index in [1.54, 1.807) is 19.1 Å². The van der Waals surface area contributed by atoms with Crippen LogP contribution in [0, 0.1) is 13.8 Å². The molecule has 1 aromatic rings. The van der Waals surface area contributed by atoms with Gasteiger partial charge in [-0.05, 0) is 19.9 Å². The van der Waals surface area contributed by atoms with Crippen molar-refractivity contribution in [3.63, 3.8) is 0 Å². The number of aliphatic hydroxyl groups is 2. The molecule has 0 amide bonds. The second-order valence-corrected chi connectivity index (χ2v) is 3.38. The molecule has 1 rings (SSSR count). The minimum Gasteiger partial charge on any atom is -0.389 e. The molecule has 0 spiro atoms. The number of aliphatic hydroxyl groups excluding tert-OH is 2. The summed E-state index contributed by atoms with van der Waals surface area (Å²) < 4.78 is 0. The Hall–Kier alpha value is -0.970. The fraction of sp³-hybridized carbons (Fsp3) is 0.500. The third kappa shape index (κ3) is 2.29. The number of nitrogens with two attached hydrogens (primary N) is 1. The first-order chi connectivity index (χ1) is 6.56. The van der Waals surface area contributed by atoms with Gasteiger partial charge in [-0.2, -0.15) is 0 Å². The molecule has 0 aliphatic carbocycles. The Kier molecular flexibility index (Phi) is 3.57. The number of hydrogen-bond acceptors (Lipinski definition) is 4. The highest BCUT2D eigenvalue weighted by molar-refractivity contribution is 5.24. The van der Waals surface area contributed by atoms with Gasteiger partial charge in [-0.15, -0.1) is 0 Å². The van der Waals surface area contributed by atoms with E-state index in [1.165, 1.54) is 0 Å². The summed E-state index contributed by atoms with van der Waals surface area (Å²) in [5.41, 5.74) is 7.51. The van der Waals surface area contributed by atoms with Crippen molar-refractivity contribution in [1.29, 1.82) is 0 Å². The molecule has 4 heteroatoms. The number of aryl methyl sites for hydroxylation is 2. The van der Waals surface area contributed by atoms with Crippen molar-refractivity contribution in [2.75, 3.05) is 6.54 Å². The van der Waals surface area contributed by atoms with Crippen molar-refractivity contribution >= 4 is 0 Å². The normalized spacial score (nSPS) is 15.2. The molecule has 0 aliphatic heterocycles. The summed E-state index contributed by atoms with van der Waals surface area (Å²) in [4.78, 5) is 4.20. The molecule has 4 nitrogen and oxygen atoms in total. The molecule has 4 N–H and O–H groups in total. The molecule has 14 heavy (non-hydrogen) atoms. The summed E-state index contributed by atoms with van der Waals surface area (Å²) >= 11 is 0. The van der Waals surface area contributed by atoms with E-state index < -0.39 is 12.2 Å². The zero-order valence-electron chi connectivity index (χ0n) is 8.44. The summed E-state index contributed by atoms with van der Waals surface area (Å²) in [5, 5.41) is 19.1.